The van der Waals surface area contributed by atoms with Gasteiger partial charge < -0.3 is 9.67 Å². The van der Waals surface area contributed by atoms with Crippen molar-refractivity contribution in [3.05, 3.63) is 48.7 Å². The molecule has 1 heterocycles. The molecule has 3 nitrogen and oxygen atoms in total. The summed E-state index contributed by atoms with van der Waals surface area (Å²) in [5.74, 6) is 0.0499. The van der Waals surface area contributed by atoms with Gasteiger partial charge in [-0.25, -0.2) is 8.78 Å². The van der Waals surface area contributed by atoms with Crippen LogP contribution in [0, 0.1) is 3.57 Å². The van der Waals surface area contributed by atoms with Crippen LogP contribution in [0.4, 0.5) is 8.78 Å². The van der Waals surface area contributed by atoms with E-state index in [1.54, 1.807) is 18.2 Å². The molecule has 0 aliphatic carbocycles. The number of phenolic OH excluding ortho intramolecular Hbond substituents is 1. The zero-order chi connectivity index (χ0) is 14.9. The molecule has 0 saturated heterocycles. The first-order valence-corrected chi connectivity index (χ1v) is 7.43. The molecule has 1 aromatic carbocycles. The van der Waals surface area contributed by atoms with Gasteiger partial charge in [0.2, 0.25) is 0 Å². The second-order valence-corrected chi connectivity index (χ2v) is 6.05. The molecule has 106 valence electrons. The topological polar surface area (TPSA) is 42.2 Å². The summed E-state index contributed by atoms with van der Waals surface area (Å²) in [5, 5.41) is 9.38. The molecule has 0 amide bonds. The normalized spacial score (nSPS) is 11.1. The number of hydrogen-bond acceptors (Lipinski definition) is 2. The molecule has 0 aliphatic heterocycles. The maximum Gasteiger partial charge on any atom is 0.264 e. The molecule has 0 fully saturated rings. The van der Waals surface area contributed by atoms with Gasteiger partial charge in [0.1, 0.15) is 5.75 Å². The summed E-state index contributed by atoms with van der Waals surface area (Å²) in [7, 11) is 0. The number of pyridine rings is 1. The van der Waals surface area contributed by atoms with Gasteiger partial charge in [-0.1, -0.05) is 0 Å². The summed E-state index contributed by atoms with van der Waals surface area (Å²) in [4.78, 5) is 12.0. The van der Waals surface area contributed by atoms with Crippen LogP contribution in [0.3, 0.4) is 0 Å². The number of hydrogen-bond donors (Lipinski definition) is 1. The summed E-state index contributed by atoms with van der Waals surface area (Å²) >= 11 is 5.08. The molecular weight excluding hydrogens is 447 g/mol. The van der Waals surface area contributed by atoms with Crippen molar-refractivity contribution in [3.8, 4) is 17.0 Å². The Balaban J connectivity index is 2.67. The smallest absolute Gasteiger partial charge is 0.264 e. The highest BCUT2D eigenvalue weighted by Gasteiger charge is 2.15. The van der Waals surface area contributed by atoms with Crippen LogP contribution in [-0.2, 0) is 6.54 Å². The minimum absolute atomic E-state index is 0.0499. The Kier molecular flexibility index (Phi) is 4.79. The number of rotatable bonds is 3. The van der Waals surface area contributed by atoms with Gasteiger partial charge in [0.25, 0.3) is 12.0 Å². The van der Waals surface area contributed by atoms with Crippen molar-refractivity contribution in [1.29, 1.82) is 0 Å². The van der Waals surface area contributed by atoms with Gasteiger partial charge in [-0.05, 0) is 68.9 Å². The maximum absolute atomic E-state index is 12.7. The average Bonchev–Trinajstić information content (AvgIpc) is 2.36. The van der Waals surface area contributed by atoms with E-state index in [-0.39, 0.29) is 5.75 Å². The summed E-state index contributed by atoms with van der Waals surface area (Å²) in [5.41, 5.74) is 0.489. The number of phenols is 1. The van der Waals surface area contributed by atoms with Gasteiger partial charge in [-0.2, -0.15) is 0 Å². The number of nitrogens with zero attached hydrogens (tertiary/aromatic N) is 1. The molecule has 2 rings (SSSR count). The third-order valence-electron chi connectivity index (χ3n) is 2.68. The highest BCUT2D eigenvalue weighted by molar-refractivity contribution is 14.1. The maximum atomic E-state index is 12.7. The summed E-state index contributed by atoms with van der Waals surface area (Å²) < 4.78 is 27.3. The lowest BCUT2D eigenvalue weighted by Gasteiger charge is -2.14. The van der Waals surface area contributed by atoms with E-state index in [4.69, 9.17) is 0 Å². The highest BCUT2D eigenvalue weighted by Crippen LogP contribution is 2.31. The third-order valence-corrected chi connectivity index (χ3v) is 4.15. The number of benzene rings is 1. The zero-order valence-electron chi connectivity index (χ0n) is 9.99. The molecule has 2 aromatic rings. The van der Waals surface area contributed by atoms with E-state index >= 15 is 0 Å². The number of halogens is 4. The first-order chi connectivity index (χ1) is 9.40. The minimum Gasteiger partial charge on any atom is -0.508 e. The molecule has 1 N–H and O–H groups in total. The van der Waals surface area contributed by atoms with E-state index in [1.807, 2.05) is 22.6 Å². The predicted octanol–water partition coefficient (Wildman–Crippen LogP) is 3.85. The Morgan fingerprint density at radius 2 is 2.00 bits per heavy atom. The van der Waals surface area contributed by atoms with Crippen molar-refractivity contribution in [2.24, 2.45) is 0 Å². The van der Waals surface area contributed by atoms with Gasteiger partial charge >= 0.3 is 0 Å². The van der Waals surface area contributed by atoms with E-state index in [9.17, 15) is 18.7 Å². The van der Waals surface area contributed by atoms with Gasteiger partial charge in [0.05, 0.1) is 15.8 Å². The third kappa shape index (κ3) is 3.20. The standard InChI is InChI=1S/C13H9BrF2INO2/c14-9-5-7(19)1-2-8(9)11-4-3-10(17)13(20)18(11)6-12(15)16/h1-5,12,19H,6H2. The van der Waals surface area contributed by atoms with Crippen LogP contribution in [0.1, 0.15) is 0 Å². The number of aromatic hydroxyl groups is 1. The van der Waals surface area contributed by atoms with E-state index in [1.165, 1.54) is 12.1 Å². The van der Waals surface area contributed by atoms with Crippen molar-refractivity contribution < 1.29 is 13.9 Å². The van der Waals surface area contributed by atoms with Crippen LogP contribution in [0.25, 0.3) is 11.3 Å². The molecule has 0 unspecified atom stereocenters. The lowest BCUT2D eigenvalue weighted by atomic mass is 10.1. The van der Waals surface area contributed by atoms with Crippen LogP contribution in [0.15, 0.2) is 39.6 Å². The molecule has 1 aromatic heterocycles. The average molecular weight is 456 g/mol. The Morgan fingerprint density at radius 3 is 2.60 bits per heavy atom. The molecule has 0 saturated carbocycles. The Morgan fingerprint density at radius 1 is 1.30 bits per heavy atom. The first-order valence-electron chi connectivity index (χ1n) is 5.56. The summed E-state index contributed by atoms with van der Waals surface area (Å²) in [6.45, 7) is -0.668. The van der Waals surface area contributed by atoms with Crippen LogP contribution < -0.4 is 5.56 Å². The fourth-order valence-electron chi connectivity index (χ4n) is 1.82. The van der Waals surface area contributed by atoms with Crippen LogP contribution in [0.5, 0.6) is 5.75 Å². The fraction of sp³-hybridized carbons (Fsp3) is 0.154. The Hall–Kier alpha value is -0.960. The SMILES string of the molecule is O=c1c(I)ccc(-c2ccc(O)cc2Br)n1CC(F)F. The largest absolute Gasteiger partial charge is 0.508 e. The molecule has 7 heteroatoms. The lowest BCUT2D eigenvalue weighted by molar-refractivity contribution is 0.125. The number of alkyl halides is 2. The van der Waals surface area contributed by atoms with E-state index in [0.717, 1.165) is 4.57 Å². The van der Waals surface area contributed by atoms with Gasteiger partial charge in [0.15, 0.2) is 0 Å². The van der Waals surface area contributed by atoms with Crippen LogP contribution in [0.2, 0.25) is 0 Å². The van der Waals surface area contributed by atoms with E-state index < -0.39 is 18.5 Å². The molecule has 0 atom stereocenters. The minimum atomic E-state index is -2.62. The zero-order valence-corrected chi connectivity index (χ0v) is 13.7. The molecule has 0 aliphatic rings. The molecule has 0 radical (unpaired) electrons. The summed E-state index contributed by atoms with van der Waals surface area (Å²) in [6.07, 6.45) is -2.62. The van der Waals surface area contributed by atoms with Crippen LogP contribution in [-0.4, -0.2) is 16.1 Å². The van der Waals surface area contributed by atoms with Crippen LogP contribution >= 0.6 is 38.5 Å². The summed E-state index contributed by atoms with van der Waals surface area (Å²) in [6, 6.07) is 7.66. The van der Waals surface area contributed by atoms with Gasteiger partial charge in [-0.3, -0.25) is 4.79 Å². The van der Waals surface area contributed by atoms with Gasteiger partial charge in [0, 0.05) is 10.0 Å². The van der Waals surface area contributed by atoms with E-state index in [0.29, 0.717) is 19.3 Å². The Bertz CT molecular complexity index is 703. The van der Waals surface area contributed by atoms with Crippen molar-refractivity contribution in [3.63, 3.8) is 0 Å². The molecule has 0 bridgehead atoms. The van der Waals surface area contributed by atoms with Crippen molar-refractivity contribution in [2.75, 3.05) is 0 Å². The van der Waals surface area contributed by atoms with Crippen molar-refractivity contribution in [2.45, 2.75) is 13.0 Å². The van der Waals surface area contributed by atoms with Gasteiger partial charge in [-0.15, -0.1) is 0 Å². The predicted molar refractivity (Wildman–Crippen MR) is 84.2 cm³/mol. The Labute approximate surface area is 135 Å². The molecule has 20 heavy (non-hydrogen) atoms. The van der Waals surface area contributed by atoms with E-state index in [2.05, 4.69) is 15.9 Å². The fourth-order valence-corrected chi connectivity index (χ4v) is 2.86. The first kappa shape index (κ1) is 15.4. The quantitative estimate of drug-likeness (QED) is 0.714. The monoisotopic (exact) mass is 455 g/mol. The second kappa shape index (κ2) is 6.21. The molecule has 0 spiro atoms. The van der Waals surface area contributed by atoms with Crippen molar-refractivity contribution >= 4 is 38.5 Å². The van der Waals surface area contributed by atoms with Crippen molar-refractivity contribution in [1.82, 2.24) is 4.57 Å². The molecular formula is C13H9BrF2INO2. The lowest BCUT2D eigenvalue weighted by Crippen LogP contribution is -2.26. The highest BCUT2D eigenvalue weighted by atomic mass is 127. The second-order valence-electron chi connectivity index (χ2n) is 4.04. The number of aromatic nitrogens is 1.